The van der Waals surface area contributed by atoms with E-state index in [2.05, 4.69) is 5.32 Å². The van der Waals surface area contributed by atoms with Crippen LogP contribution in [0, 0.1) is 6.92 Å². The first-order valence-corrected chi connectivity index (χ1v) is 13.6. The van der Waals surface area contributed by atoms with Crippen molar-refractivity contribution in [3.63, 3.8) is 0 Å². The van der Waals surface area contributed by atoms with E-state index in [4.69, 9.17) is 9.47 Å². The summed E-state index contributed by atoms with van der Waals surface area (Å²) in [6.45, 7) is 1.47. The number of Topliss-reactive ketones (excluding diaryl/α,β-unsaturated/α-hetero) is 1. The number of anilines is 1. The summed E-state index contributed by atoms with van der Waals surface area (Å²) in [7, 11) is -3.89. The molecule has 0 saturated heterocycles. The number of sulfonamides is 1. The Balaban J connectivity index is 1.32. The number of aryl methyl sites for hydroxylation is 1. The Morgan fingerprint density at radius 1 is 1.08 bits per heavy atom. The van der Waals surface area contributed by atoms with Crippen LogP contribution in [0.1, 0.15) is 39.5 Å². The van der Waals surface area contributed by atoms with Gasteiger partial charge in [-0.25, -0.2) is 8.42 Å². The van der Waals surface area contributed by atoms with E-state index in [1.165, 1.54) is 16.4 Å². The topological polar surface area (TPSA) is 119 Å². The number of nitrogens with one attached hydrogen (secondary N) is 1. The maximum absolute atomic E-state index is 13.6. The zero-order chi connectivity index (χ0) is 26.9. The van der Waals surface area contributed by atoms with Crippen molar-refractivity contribution < 1.29 is 32.3 Å². The van der Waals surface area contributed by atoms with Crippen LogP contribution in [0.15, 0.2) is 71.6 Å². The molecule has 2 aliphatic heterocycles. The normalized spacial score (nSPS) is 17.0. The van der Waals surface area contributed by atoms with E-state index in [0.29, 0.717) is 17.9 Å². The van der Waals surface area contributed by atoms with Gasteiger partial charge in [0.05, 0.1) is 23.0 Å². The first kappa shape index (κ1) is 25.6. The molecule has 3 aromatic rings. The average molecular weight is 535 g/mol. The molecule has 1 amide bonds. The first-order chi connectivity index (χ1) is 18.2. The minimum absolute atomic E-state index is 0.0984. The van der Waals surface area contributed by atoms with Crippen molar-refractivity contribution in [2.45, 2.75) is 30.7 Å². The number of hydrogen-bond donors (Lipinski definition) is 1. The molecule has 0 bridgehead atoms. The van der Waals surface area contributed by atoms with E-state index in [0.717, 1.165) is 16.7 Å². The van der Waals surface area contributed by atoms with Gasteiger partial charge >= 0.3 is 5.97 Å². The summed E-state index contributed by atoms with van der Waals surface area (Å²) in [6, 6.07) is 17.8. The molecule has 1 atom stereocenters. The standard InChI is InChI=1S/C28H26N2O7S/c1-18-6-9-21(10-7-18)38(34,35)30-13-12-19-4-2-3-5-22(19)24(30)15-28(33)37-16-25(31)20-8-11-26-23(14-20)29-27(32)17-36-26/h2-11,14,24H,12-13,15-17H2,1H3,(H,29,32). The van der Waals surface area contributed by atoms with Crippen molar-refractivity contribution in [2.75, 3.05) is 25.1 Å². The third kappa shape index (κ3) is 5.18. The third-order valence-corrected chi connectivity index (χ3v) is 8.57. The maximum Gasteiger partial charge on any atom is 0.308 e. The Kier molecular flexibility index (Phi) is 7.00. The van der Waals surface area contributed by atoms with Crippen LogP contribution < -0.4 is 10.1 Å². The highest BCUT2D eigenvalue weighted by atomic mass is 32.2. The van der Waals surface area contributed by atoms with E-state index in [-0.39, 0.29) is 35.9 Å². The van der Waals surface area contributed by atoms with E-state index in [9.17, 15) is 22.8 Å². The van der Waals surface area contributed by atoms with Crippen LogP contribution in [0.4, 0.5) is 5.69 Å². The van der Waals surface area contributed by atoms with Crippen LogP contribution >= 0.6 is 0 Å². The van der Waals surface area contributed by atoms with Crippen LogP contribution in [-0.4, -0.2) is 50.1 Å². The summed E-state index contributed by atoms with van der Waals surface area (Å²) in [5.41, 5.74) is 3.26. The second-order valence-electron chi connectivity index (χ2n) is 9.23. The van der Waals surface area contributed by atoms with Gasteiger partial charge in [-0.05, 0) is 54.8 Å². The van der Waals surface area contributed by atoms with E-state index >= 15 is 0 Å². The van der Waals surface area contributed by atoms with Gasteiger partial charge in [0.15, 0.2) is 19.0 Å². The lowest BCUT2D eigenvalue weighted by atomic mass is 9.92. The molecule has 2 heterocycles. The van der Waals surface area contributed by atoms with Crippen molar-refractivity contribution in [2.24, 2.45) is 0 Å². The highest BCUT2D eigenvalue weighted by Gasteiger charge is 2.38. The van der Waals surface area contributed by atoms with Crippen molar-refractivity contribution in [3.05, 3.63) is 89.0 Å². The predicted molar refractivity (Wildman–Crippen MR) is 138 cm³/mol. The highest BCUT2D eigenvalue weighted by molar-refractivity contribution is 7.89. The largest absolute Gasteiger partial charge is 0.482 e. The SMILES string of the molecule is Cc1ccc(S(=O)(=O)N2CCc3ccccc3C2CC(=O)OCC(=O)c2ccc3c(c2)NC(=O)CO3)cc1. The van der Waals surface area contributed by atoms with Crippen molar-refractivity contribution in [3.8, 4) is 5.75 Å². The first-order valence-electron chi connectivity index (χ1n) is 12.1. The smallest absolute Gasteiger partial charge is 0.308 e. The van der Waals surface area contributed by atoms with E-state index in [1.807, 2.05) is 25.1 Å². The third-order valence-electron chi connectivity index (χ3n) is 6.65. The Morgan fingerprint density at radius 3 is 2.63 bits per heavy atom. The molecule has 38 heavy (non-hydrogen) atoms. The lowest BCUT2D eigenvalue weighted by Crippen LogP contribution is -2.41. The quantitative estimate of drug-likeness (QED) is 0.364. The summed E-state index contributed by atoms with van der Waals surface area (Å²) in [6.07, 6.45) is 0.271. The number of nitrogens with zero attached hydrogens (tertiary/aromatic N) is 1. The van der Waals surface area contributed by atoms with E-state index in [1.54, 1.807) is 36.4 Å². The van der Waals surface area contributed by atoms with Gasteiger partial charge in [-0.15, -0.1) is 0 Å². The fourth-order valence-electron chi connectivity index (χ4n) is 4.68. The Hall–Kier alpha value is -4.02. The number of esters is 1. The highest BCUT2D eigenvalue weighted by Crippen LogP contribution is 2.36. The molecule has 0 spiro atoms. The lowest BCUT2D eigenvalue weighted by Gasteiger charge is -2.36. The molecular formula is C28H26N2O7S. The number of ether oxygens (including phenoxy) is 2. The molecule has 1 N–H and O–H groups in total. The van der Waals surface area contributed by atoms with Gasteiger partial charge in [-0.2, -0.15) is 4.31 Å². The number of amides is 1. The zero-order valence-corrected chi connectivity index (χ0v) is 21.5. The molecule has 5 rings (SSSR count). The molecule has 0 radical (unpaired) electrons. The number of carbonyl (C=O) groups is 3. The Labute approximate surface area is 220 Å². The molecule has 0 aliphatic carbocycles. The van der Waals surface area contributed by atoms with Crippen LogP contribution in [0.25, 0.3) is 0 Å². The van der Waals surface area contributed by atoms with Gasteiger partial charge in [-0.1, -0.05) is 42.0 Å². The maximum atomic E-state index is 13.6. The van der Waals surface area contributed by atoms with Crippen molar-refractivity contribution in [1.82, 2.24) is 4.31 Å². The minimum Gasteiger partial charge on any atom is -0.482 e. The number of carbonyl (C=O) groups excluding carboxylic acids is 3. The molecule has 0 saturated carbocycles. The second kappa shape index (κ2) is 10.4. The average Bonchev–Trinajstić information content (AvgIpc) is 2.91. The van der Waals surface area contributed by atoms with Crippen LogP contribution in [-0.2, 0) is 30.8 Å². The summed E-state index contributed by atoms with van der Waals surface area (Å²) in [5, 5.41) is 2.63. The van der Waals surface area contributed by atoms with Gasteiger partial charge in [0.1, 0.15) is 5.75 Å². The second-order valence-corrected chi connectivity index (χ2v) is 11.1. The monoisotopic (exact) mass is 534 g/mol. The summed E-state index contributed by atoms with van der Waals surface area (Å²) < 4.78 is 39.1. The molecule has 1 unspecified atom stereocenters. The molecule has 2 aliphatic rings. The molecule has 3 aromatic carbocycles. The fourth-order valence-corrected chi connectivity index (χ4v) is 6.28. The van der Waals surface area contributed by atoms with Crippen LogP contribution in [0.3, 0.4) is 0 Å². The van der Waals surface area contributed by atoms with Gasteiger partial charge in [0, 0.05) is 12.1 Å². The summed E-state index contributed by atoms with van der Waals surface area (Å²) >= 11 is 0. The molecule has 196 valence electrons. The summed E-state index contributed by atoms with van der Waals surface area (Å²) in [5.74, 6) is -1.04. The fraction of sp³-hybridized carbons (Fsp3) is 0.250. The molecule has 0 fully saturated rings. The van der Waals surface area contributed by atoms with Gasteiger partial charge in [0.2, 0.25) is 10.0 Å². The Morgan fingerprint density at radius 2 is 1.84 bits per heavy atom. The van der Waals surface area contributed by atoms with Crippen LogP contribution in [0.5, 0.6) is 5.75 Å². The van der Waals surface area contributed by atoms with E-state index < -0.39 is 34.4 Å². The molecule has 9 nitrogen and oxygen atoms in total. The van der Waals surface area contributed by atoms with Crippen molar-refractivity contribution >= 4 is 33.4 Å². The minimum atomic E-state index is -3.89. The molecular weight excluding hydrogens is 508 g/mol. The van der Waals surface area contributed by atoms with Gasteiger partial charge in [-0.3, -0.25) is 14.4 Å². The zero-order valence-electron chi connectivity index (χ0n) is 20.7. The number of ketones is 1. The summed E-state index contributed by atoms with van der Waals surface area (Å²) in [4.78, 5) is 37.3. The number of hydrogen-bond acceptors (Lipinski definition) is 7. The predicted octanol–water partition coefficient (Wildman–Crippen LogP) is 3.43. The number of benzene rings is 3. The van der Waals surface area contributed by atoms with Gasteiger partial charge in [0.25, 0.3) is 5.91 Å². The molecule has 10 heteroatoms. The van der Waals surface area contributed by atoms with Crippen LogP contribution in [0.2, 0.25) is 0 Å². The number of fused-ring (bicyclic) bond motifs is 2. The van der Waals surface area contributed by atoms with Crippen molar-refractivity contribution in [1.29, 1.82) is 0 Å². The molecule has 0 aromatic heterocycles. The van der Waals surface area contributed by atoms with Gasteiger partial charge < -0.3 is 14.8 Å². The lowest BCUT2D eigenvalue weighted by molar-refractivity contribution is -0.143. The Bertz CT molecular complexity index is 1520. The number of rotatable bonds is 7.